The van der Waals surface area contributed by atoms with Gasteiger partial charge in [-0.25, -0.2) is 0 Å². The molecule has 4 rings (SSSR count). The summed E-state index contributed by atoms with van der Waals surface area (Å²) in [4.78, 5) is 13.7. The fraction of sp³-hybridized carbons (Fsp3) is 0.138. The van der Waals surface area contributed by atoms with E-state index < -0.39 is 0 Å². The van der Waals surface area contributed by atoms with Crippen molar-refractivity contribution in [3.8, 4) is 22.3 Å². The van der Waals surface area contributed by atoms with E-state index in [4.69, 9.17) is 5.73 Å². The second-order valence-electron chi connectivity index (χ2n) is 7.83. The molecule has 0 spiro atoms. The molecule has 33 heavy (non-hydrogen) atoms. The summed E-state index contributed by atoms with van der Waals surface area (Å²) in [5.41, 5.74) is 14.1. The average Bonchev–Trinajstić information content (AvgIpc) is 2.86. The van der Waals surface area contributed by atoms with Crippen molar-refractivity contribution in [3.05, 3.63) is 102 Å². The predicted molar refractivity (Wildman–Crippen MR) is 140 cm³/mol. The number of rotatable bonds is 8. The summed E-state index contributed by atoms with van der Waals surface area (Å²) in [6, 6.07) is 29.6. The van der Waals surface area contributed by atoms with Crippen LogP contribution in [0.25, 0.3) is 22.3 Å². The van der Waals surface area contributed by atoms with Crippen LogP contribution in [0, 0.1) is 0 Å². The molecule has 4 aromatic rings. The zero-order valence-electron chi connectivity index (χ0n) is 19.1. The normalized spacial score (nSPS) is 10.6. The molecule has 0 fully saturated rings. The smallest absolute Gasteiger partial charge is 0.195 e. The number of ketones is 1. The van der Waals surface area contributed by atoms with Gasteiger partial charge in [-0.05, 0) is 55.3 Å². The lowest BCUT2D eigenvalue weighted by Crippen LogP contribution is -2.11. The van der Waals surface area contributed by atoms with Crippen molar-refractivity contribution >= 4 is 22.8 Å². The van der Waals surface area contributed by atoms with Crippen LogP contribution in [0.5, 0.6) is 0 Å². The lowest BCUT2D eigenvalue weighted by Gasteiger charge is -2.21. The molecule has 4 heteroatoms. The van der Waals surface area contributed by atoms with Crippen LogP contribution in [0.2, 0.25) is 0 Å². The van der Waals surface area contributed by atoms with E-state index in [2.05, 4.69) is 29.7 Å². The van der Waals surface area contributed by atoms with Gasteiger partial charge in [-0.1, -0.05) is 60.7 Å². The molecule has 0 aliphatic carbocycles. The van der Waals surface area contributed by atoms with Crippen LogP contribution in [0.15, 0.2) is 91.0 Å². The monoisotopic (exact) mass is 435 g/mol. The van der Waals surface area contributed by atoms with E-state index in [1.165, 1.54) is 0 Å². The van der Waals surface area contributed by atoms with Crippen LogP contribution in [-0.2, 0) is 0 Å². The fourth-order valence-electron chi connectivity index (χ4n) is 4.10. The Morgan fingerprint density at radius 1 is 0.758 bits per heavy atom. The molecule has 0 heterocycles. The predicted octanol–water partition coefficient (Wildman–Crippen LogP) is 6.70. The number of nitrogen functional groups attached to an aromatic ring is 1. The number of hydrogen-bond donors (Lipinski definition) is 3. The first-order valence-electron chi connectivity index (χ1n) is 11.3. The summed E-state index contributed by atoms with van der Waals surface area (Å²) >= 11 is 0. The third kappa shape index (κ3) is 4.60. The van der Waals surface area contributed by atoms with Crippen LogP contribution in [0.3, 0.4) is 0 Å². The second kappa shape index (κ2) is 10.0. The Morgan fingerprint density at radius 2 is 1.33 bits per heavy atom. The summed E-state index contributed by atoms with van der Waals surface area (Å²) in [5, 5.41) is 6.77. The van der Waals surface area contributed by atoms with Crippen LogP contribution < -0.4 is 16.4 Å². The highest BCUT2D eigenvalue weighted by Crippen LogP contribution is 2.43. The molecule has 0 saturated carbocycles. The molecule has 0 aliphatic rings. The van der Waals surface area contributed by atoms with E-state index >= 15 is 0 Å². The van der Waals surface area contributed by atoms with Crippen molar-refractivity contribution in [2.45, 2.75) is 13.8 Å². The third-order valence-electron chi connectivity index (χ3n) is 5.64. The molecule has 0 unspecified atom stereocenters. The van der Waals surface area contributed by atoms with Gasteiger partial charge in [0.2, 0.25) is 0 Å². The fourth-order valence-corrected chi connectivity index (χ4v) is 4.10. The third-order valence-corrected chi connectivity index (χ3v) is 5.64. The summed E-state index contributed by atoms with van der Waals surface area (Å²) in [7, 11) is 0. The van der Waals surface area contributed by atoms with Crippen LogP contribution >= 0.6 is 0 Å². The van der Waals surface area contributed by atoms with E-state index in [9.17, 15) is 4.79 Å². The van der Waals surface area contributed by atoms with Gasteiger partial charge in [0.15, 0.2) is 5.78 Å². The summed E-state index contributed by atoms with van der Waals surface area (Å²) in [5.74, 6) is -0.0899. The number of nitrogens with one attached hydrogen (secondary N) is 2. The van der Waals surface area contributed by atoms with Crippen molar-refractivity contribution in [1.82, 2.24) is 0 Å². The molecule has 0 radical (unpaired) electrons. The van der Waals surface area contributed by atoms with Crippen molar-refractivity contribution in [3.63, 3.8) is 0 Å². The summed E-state index contributed by atoms with van der Waals surface area (Å²) in [6.45, 7) is 5.66. The number of nitrogens with two attached hydrogens (primary N) is 1. The van der Waals surface area contributed by atoms with Gasteiger partial charge in [0.1, 0.15) is 0 Å². The highest BCUT2D eigenvalue weighted by Gasteiger charge is 2.22. The molecule has 0 amide bonds. The highest BCUT2D eigenvalue weighted by molar-refractivity contribution is 6.16. The van der Waals surface area contributed by atoms with Gasteiger partial charge in [0.05, 0.1) is 11.4 Å². The van der Waals surface area contributed by atoms with Gasteiger partial charge in [-0.2, -0.15) is 0 Å². The number of benzene rings is 4. The molecule has 0 bridgehead atoms. The zero-order chi connectivity index (χ0) is 23.2. The van der Waals surface area contributed by atoms with Crippen molar-refractivity contribution in [2.24, 2.45) is 0 Å². The molecule has 4 aromatic carbocycles. The Bertz CT molecular complexity index is 1230. The van der Waals surface area contributed by atoms with Gasteiger partial charge in [-0.3, -0.25) is 4.79 Å². The van der Waals surface area contributed by atoms with Crippen LogP contribution in [0.1, 0.15) is 29.8 Å². The maximum Gasteiger partial charge on any atom is 0.195 e. The van der Waals surface area contributed by atoms with Crippen LogP contribution in [-0.4, -0.2) is 18.9 Å². The van der Waals surface area contributed by atoms with Gasteiger partial charge < -0.3 is 16.4 Å². The first kappa shape index (κ1) is 22.2. The van der Waals surface area contributed by atoms with E-state index in [-0.39, 0.29) is 5.78 Å². The first-order valence-corrected chi connectivity index (χ1v) is 11.3. The zero-order valence-corrected chi connectivity index (χ0v) is 19.1. The molecule has 0 saturated heterocycles. The van der Waals surface area contributed by atoms with E-state index in [0.29, 0.717) is 16.8 Å². The average molecular weight is 436 g/mol. The number of hydrogen-bond acceptors (Lipinski definition) is 4. The van der Waals surface area contributed by atoms with Crippen LogP contribution in [0.4, 0.5) is 17.1 Å². The molecule has 0 atom stereocenters. The van der Waals surface area contributed by atoms with Crippen molar-refractivity contribution in [2.75, 3.05) is 29.5 Å². The number of carbonyl (C=O) groups is 1. The minimum Gasteiger partial charge on any atom is -0.398 e. The van der Waals surface area contributed by atoms with Crippen molar-refractivity contribution in [1.29, 1.82) is 0 Å². The minimum absolute atomic E-state index is 0.0899. The maximum absolute atomic E-state index is 13.7. The topological polar surface area (TPSA) is 67.2 Å². The summed E-state index contributed by atoms with van der Waals surface area (Å²) in [6.07, 6.45) is 0. The Morgan fingerprint density at radius 3 is 1.91 bits per heavy atom. The number of carbonyl (C=O) groups excluding carboxylic acids is 1. The molecular formula is C29H29N3O. The molecular weight excluding hydrogens is 406 g/mol. The second-order valence-corrected chi connectivity index (χ2v) is 7.83. The van der Waals surface area contributed by atoms with Gasteiger partial charge in [0.25, 0.3) is 0 Å². The van der Waals surface area contributed by atoms with Gasteiger partial charge in [-0.15, -0.1) is 0 Å². The highest BCUT2D eigenvalue weighted by atomic mass is 16.1. The first-order chi connectivity index (χ1) is 16.1. The Hall–Kier alpha value is -4.05. The lowest BCUT2D eigenvalue weighted by molar-refractivity contribution is 0.103. The Labute approximate surface area is 195 Å². The lowest BCUT2D eigenvalue weighted by atomic mass is 9.88. The Balaban J connectivity index is 1.94. The van der Waals surface area contributed by atoms with E-state index in [1.807, 2.05) is 85.8 Å². The Kier molecular flexibility index (Phi) is 6.75. The quantitative estimate of drug-likeness (QED) is 0.213. The molecule has 0 aliphatic heterocycles. The van der Waals surface area contributed by atoms with Gasteiger partial charge >= 0.3 is 0 Å². The number of anilines is 3. The standard InChI is InChI=1S/C29H29N3O/c1-3-31-23-17-15-22(16-18-23)29(33)25-19-24(20-11-7-5-8-12-20)28(32-4-2)26(27(25)30)21-13-9-6-10-14-21/h5-19,31-32H,3-4,30H2,1-2H3. The molecule has 166 valence electrons. The molecule has 4 nitrogen and oxygen atoms in total. The molecule has 4 N–H and O–H groups in total. The minimum atomic E-state index is -0.0899. The van der Waals surface area contributed by atoms with E-state index in [1.54, 1.807) is 0 Å². The van der Waals surface area contributed by atoms with Gasteiger partial charge in [0, 0.05) is 41.0 Å². The van der Waals surface area contributed by atoms with Crippen molar-refractivity contribution < 1.29 is 4.79 Å². The maximum atomic E-state index is 13.7. The van der Waals surface area contributed by atoms with E-state index in [0.717, 1.165) is 46.7 Å². The SMILES string of the molecule is CCNc1ccc(C(=O)c2cc(-c3ccccc3)c(NCC)c(-c3ccccc3)c2N)cc1. The largest absolute Gasteiger partial charge is 0.398 e. The summed E-state index contributed by atoms with van der Waals surface area (Å²) < 4.78 is 0. The molecule has 0 aromatic heterocycles.